The Hall–Kier alpha value is -1.39. The number of thiophene rings is 1. The molecule has 2 N–H and O–H groups in total. The van der Waals surface area contributed by atoms with Gasteiger partial charge in [-0.1, -0.05) is 38.0 Å². The number of aliphatic hydroxyl groups excluding tert-OH is 1. The average molecular weight is 291 g/mol. The standard InChI is InChI=1S/C16H21NO2S/c1-2-3-4-9-16(19)17-11-13(18)15-10-12-7-5-6-8-14(12)20-15/h5-8,10,13,18H,2-4,9,11H2,1H3,(H,17,19). The minimum Gasteiger partial charge on any atom is -0.386 e. The molecule has 2 rings (SSSR count). The van der Waals surface area contributed by atoms with Crippen molar-refractivity contribution in [3.05, 3.63) is 35.2 Å². The molecule has 1 aromatic carbocycles. The predicted molar refractivity (Wildman–Crippen MR) is 83.9 cm³/mol. The molecule has 0 saturated carbocycles. The molecule has 1 heterocycles. The second-order valence-electron chi connectivity index (χ2n) is 4.96. The Morgan fingerprint density at radius 2 is 2.15 bits per heavy atom. The SMILES string of the molecule is CCCCCC(=O)NCC(O)c1cc2ccccc2s1. The van der Waals surface area contributed by atoms with Gasteiger partial charge in [0.1, 0.15) is 6.10 Å². The Morgan fingerprint density at radius 3 is 2.90 bits per heavy atom. The van der Waals surface area contributed by atoms with Crippen LogP contribution in [0.4, 0.5) is 0 Å². The van der Waals surface area contributed by atoms with Gasteiger partial charge in [-0.25, -0.2) is 0 Å². The molecular formula is C16H21NO2S. The van der Waals surface area contributed by atoms with E-state index in [1.165, 1.54) is 0 Å². The van der Waals surface area contributed by atoms with Gasteiger partial charge < -0.3 is 10.4 Å². The zero-order valence-electron chi connectivity index (χ0n) is 11.8. The molecule has 1 unspecified atom stereocenters. The Balaban J connectivity index is 1.85. The van der Waals surface area contributed by atoms with E-state index in [0.29, 0.717) is 6.42 Å². The molecule has 1 aromatic heterocycles. The van der Waals surface area contributed by atoms with Crippen molar-refractivity contribution >= 4 is 27.3 Å². The van der Waals surface area contributed by atoms with E-state index in [1.807, 2.05) is 30.3 Å². The molecule has 108 valence electrons. The van der Waals surface area contributed by atoms with Gasteiger partial charge in [-0.15, -0.1) is 11.3 Å². The maximum Gasteiger partial charge on any atom is 0.220 e. The summed E-state index contributed by atoms with van der Waals surface area (Å²) in [5.41, 5.74) is 0. The van der Waals surface area contributed by atoms with Crippen LogP contribution in [0.5, 0.6) is 0 Å². The lowest BCUT2D eigenvalue weighted by Gasteiger charge is -2.10. The third kappa shape index (κ3) is 4.05. The number of unbranched alkanes of at least 4 members (excludes halogenated alkanes) is 2. The highest BCUT2D eigenvalue weighted by Crippen LogP contribution is 2.29. The van der Waals surface area contributed by atoms with E-state index in [2.05, 4.69) is 12.2 Å². The van der Waals surface area contributed by atoms with Gasteiger partial charge in [-0.3, -0.25) is 4.79 Å². The van der Waals surface area contributed by atoms with Gasteiger partial charge in [-0.2, -0.15) is 0 Å². The van der Waals surface area contributed by atoms with Crippen LogP contribution in [0.25, 0.3) is 10.1 Å². The highest BCUT2D eigenvalue weighted by molar-refractivity contribution is 7.19. The van der Waals surface area contributed by atoms with Crippen molar-refractivity contribution in [3.8, 4) is 0 Å². The Labute approximate surface area is 123 Å². The van der Waals surface area contributed by atoms with Crippen LogP contribution in [-0.2, 0) is 4.79 Å². The molecule has 4 heteroatoms. The van der Waals surface area contributed by atoms with Crippen molar-refractivity contribution in [2.75, 3.05) is 6.54 Å². The van der Waals surface area contributed by atoms with Crippen molar-refractivity contribution in [1.29, 1.82) is 0 Å². The number of nitrogens with one attached hydrogen (secondary N) is 1. The first kappa shape index (κ1) is 15.0. The lowest BCUT2D eigenvalue weighted by molar-refractivity contribution is -0.121. The van der Waals surface area contributed by atoms with E-state index in [0.717, 1.165) is 34.2 Å². The number of benzene rings is 1. The molecule has 0 aliphatic carbocycles. The van der Waals surface area contributed by atoms with Gasteiger partial charge in [0.15, 0.2) is 0 Å². The molecule has 0 spiro atoms. The largest absolute Gasteiger partial charge is 0.386 e. The number of carbonyl (C=O) groups is 1. The van der Waals surface area contributed by atoms with E-state index < -0.39 is 6.10 Å². The van der Waals surface area contributed by atoms with E-state index in [4.69, 9.17) is 0 Å². The summed E-state index contributed by atoms with van der Waals surface area (Å²) in [5.74, 6) is 0.0265. The van der Waals surface area contributed by atoms with E-state index in [9.17, 15) is 9.90 Å². The van der Waals surface area contributed by atoms with Gasteiger partial charge in [0.2, 0.25) is 5.91 Å². The fraction of sp³-hybridized carbons (Fsp3) is 0.438. The molecule has 2 aromatic rings. The highest BCUT2D eigenvalue weighted by Gasteiger charge is 2.12. The monoisotopic (exact) mass is 291 g/mol. The minimum absolute atomic E-state index is 0.0265. The number of hydrogen-bond acceptors (Lipinski definition) is 3. The zero-order valence-corrected chi connectivity index (χ0v) is 12.6. The Morgan fingerprint density at radius 1 is 1.35 bits per heavy atom. The minimum atomic E-state index is -0.623. The summed E-state index contributed by atoms with van der Waals surface area (Å²) >= 11 is 1.58. The quantitative estimate of drug-likeness (QED) is 0.765. The number of rotatable bonds is 7. The zero-order chi connectivity index (χ0) is 14.4. The third-order valence-electron chi connectivity index (χ3n) is 3.27. The van der Waals surface area contributed by atoms with Gasteiger partial charge in [0.05, 0.1) is 0 Å². The fourth-order valence-corrected chi connectivity index (χ4v) is 3.15. The summed E-state index contributed by atoms with van der Waals surface area (Å²) in [4.78, 5) is 12.5. The fourth-order valence-electron chi connectivity index (χ4n) is 2.10. The molecule has 0 bridgehead atoms. The summed E-state index contributed by atoms with van der Waals surface area (Å²) < 4.78 is 1.16. The maximum atomic E-state index is 11.6. The van der Waals surface area contributed by atoms with Crippen molar-refractivity contribution in [2.24, 2.45) is 0 Å². The topological polar surface area (TPSA) is 49.3 Å². The van der Waals surface area contributed by atoms with Crippen LogP contribution in [-0.4, -0.2) is 17.6 Å². The van der Waals surface area contributed by atoms with Crippen LogP contribution in [0.2, 0.25) is 0 Å². The summed E-state index contributed by atoms with van der Waals surface area (Å²) in [5, 5.41) is 14.1. The molecule has 3 nitrogen and oxygen atoms in total. The normalized spacial score (nSPS) is 12.5. The van der Waals surface area contributed by atoms with Gasteiger partial charge in [0, 0.05) is 22.5 Å². The molecule has 1 atom stereocenters. The van der Waals surface area contributed by atoms with Gasteiger partial charge >= 0.3 is 0 Å². The average Bonchev–Trinajstić information content (AvgIpc) is 2.89. The van der Waals surface area contributed by atoms with Crippen molar-refractivity contribution in [2.45, 2.75) is 38.7 Å². The van der Waals surface area contributed by atoms with Crippen LogP contribution in [0, 0.1) is 0 Å². The van der Waals surface area contributed by atoms with E-state index in [-0.39, 0.29) is 12.5 Å². The van der Waals surface area contributed by atoms with Crippen LogP contribution in [0.3, 0.4) is 0 Å². The number of amides is 1. The smallest absolute Gasteiger partial charge is 0.220 e. The lowest BCUT2D eigenvalue weighted by Crippen LogP contribution is -2.27. The van der Waals surface area contributed by atoms with Gasteiger partial charge in [-0.05, 0) is 23.9 Å². The molecule has 0 aliphatic rings. The number of aliphatic hydroxyl groups is 1. The maximum absolute atomic E-state index is 11.6. The summed E-state index contributed by atoms with van der Waals surface area (Å²) in [7, 11) is 0. The van der Waals surface area contributed by atoms with Crippen molar-refractivity contribution in [1.82, 2.24) is 5.32 Å². The van der Waals surface area contributed by atoms with E-state index in [1.54, 1.807) is 11.3 Å². The first-order valence-electron chi connectivity index (χ1n) is 7.14. The van der Waals surface area contributed by atoms with Crippen molar-refractivity contribution < 1.29 is 9.90 Å². The highest BCUT2D eigenvalue weighted by atomic mass is 32.1. The van der Waals surface area contributed by atoms with Crippen LogP contribution < -0.4 is 5.32 Å². The van der Waals surface area contributed by atoms with Gasteiger partial charge in [0.25, 0.3) is 0 Å². The molecule has 1 amide bonds. The van der Waals surface area contributed by atoms with Crippen LogP contribution in [0.15, 0.2) is 30.3 Å². The summed E-state index contributed by atoms with van der Waals surface area (Å²) in [6.45, 7) is 2.40. The second kappa shape index (κ2) is 7.41. The summed E-state index contributed by atoms with van der Waals surface area (Å²) in [6.07, 6.45) is 3.03. The molecule has 0 fully saturated rings. The lowest BCUT2D eigenvalue weighted by atomic mass is 10.2. The van der Waals surface area contributed by atoms with Crippen molar-refractivity contribution in [3.63, 3.8) is 0 Å². The second-order valence-corrected chi connectivity index (χ2v) is 6.08. The summed E-state index contributed by atoms with van der Waals surface area (Å²) in [6, 6.07) is 10.0. The number of hydrogen-bond donors (Lipinski definition) is 2. The van der Waals surface area contributed by atoms with Crippen LogP contribution >= 0.6 is 11.3 Å². The number of carbonyl (C=O) groups excluding carboxylic acids is 1. The molecule has 20 heavy (non-hydrogen) atoms. The Kier molecular flexibility index (Phi) is 5.56. The van der Waals surface area contributed by atoms with E-state index >= 15 is 0 Å². The van der Waals surface area contributed by atoms with Crippen LogP contribution in [0.1, 0.15) is 43.6 Å². The molecular weight excluding hydrogens is 270 g/mol. The first-order chi connectivity index (χ1) is 9.70. The first-order valence-corrected chi connectivity index (χ1v) is 7.95. The molecule has 0 saturated heterocycles. The third-order valence-corrected chi connectivity index (χ3v) is 4.49. The Bertz CT molecular complexity index is 531. The predicted octanol–water partition coefficient (Wildman–Crippen LogP) is 3.63. The molecule has 0 aliphatic heterocycles. The number of fused-ring (bicyclic) bond motifs is 1. The molecule has 0 radical (unpaired) electrons.